The normalized spacial score (nSPS) is 12.0. The van der Waals surface area contributed by atoms with Gasteiger partial charge in [-0.25, -0.2) is 4.79 Å². The lowest BCUT2D eigenvalue weighted by Crippen LogP contribution is -2.29. The summed E-state index contributed by atoms with van der Waals surface area (Å²) in [5.74, 6) is -0.627. The molecule has 0 amide bonds. The van der Waals surface area contributed by atoms with Crippen molar-refractivity contribution in [1.29, 1.82) is 0 Å². The van der Waals surface area contributed by atoms with Gasteiger partial charge < -0.3 is 9.84 Å². The van der Waals surface area contributed by atoms with Crippen LogP contribution in [0, 0.1) is 6.92 Å². The van der Waals surface area contributed by atoms with E-state index in [-0.39, 0.29) is 6.42 Å². The molecule has 2 aromatic carbocycles. The molecule has 0 saturated heterocycles. The number of hydrogen-bond acceptors (Lipinski definition) is 2. The molecular weight excluding hydrogens is 347 g/mol. The maximum absolute atomic E-state index is 11.4. The van der Waals surface area contributed by atoms with Gasteiger partial charge >= 0.3 is 5.97 Å². The van der Waals surface area contributed by atoms with Crippen molar-refractivity contribution in [2.45, 2.75) is 19.4 Å². The minimum absolute atomic E-state index is 0.132. The van der Waals surface area contributed by atoms with Crippen molar-refractivity contribution in [3.05, 3.63) is 62.6 Å². The zero-order valence-electron chi connectivity index (χ0n) is 11.6. The van der Waals surface area contributed by atoms with Crippen LogP contribution in [-0.4, -0.2) is 17.2 Å². The van der Waals surface area contributed by atoms with Crippen molar-refractivity contribution in [1.82, 2.24) is 0 Å². The van der Waals surface area contributed by atoms with E-state index in [1.807, 2.05) is 6.92 Å². The first kappa shape index (κ1) is 16.9. The fraction of sp³-hybridized carbons (Fsp3) is 0.188. The van der Waals surface area contributed by atoms with Crippen LogP contribution in [0.2, 0.25) is 15.1 Å². The van der Waals surface area contributed by atoms with Crippen LogP contribution < -0.4 is 4.74 Å². The van der Waals surface area contributed by atoms with E-state index in [9.17, 15) is 9.90 Å². The van der Waals surface area contributed by atoms with Crippen molar-refractivity contribution in [3.63, 3.8) is 0 Å². The number of ether oxygens (including phenoxy) is 1. The number of carboxylic acid groups (broad SMARTS) is 1. The van der Waals surface area contributed by atoms with Crippen LogP contribution in [0.25, 0.3) is 0 Å². The average Bonchev–Trinajstić information content (AvgIpc) is 2.44. The average molecular weight is 360 g/mol. The molecule has 0 radical (unpaired) electrons. The van der Waals surface area contributed by atoms with Crippen molar-refractivity contribution < 1.29 is 14.6 Å². The second-order valence-corrected chi connectivity index (χ2v) is 6.05. The summed E-state index contributed by atoms with van der Waals surface area (Å²) < 4.78 is 5.55. The number of aliphatic carboxylic acids is 1. The maximum Gasteiger partial charge on any atom is 0.345 e. The molecule has 0 aliphatic carbocycles. The summed E-state index contributed by atoms with van der Waals surface area (Å²) in [6, 6.07) is 9.92. The van der Waals surface area contributed by atoms with Crippen LogP contribution in [0.4, 0.5) is 0 Å². The Hall–Kier alpha value is -1.42. The molecule has 1 N–H and O–H groups in total. The molecule has 22 heavy (non-hydrogen) atoms. The quantitative estimate of drug-likeness (QED) is 0.814. The van der Waals surface area contributed by atoms with E-state index in [0.29, 0.717) is 26.4 Å². The van der Waals surface area contributed by atoms with Gasteiger partial charge in [-0.1, -0.05) is 40.9 Å². The number of carboxylic acids is 1. The fourth-order valence-corrected chi connectivity index (χ4v) is 2.52. The van der Waals surface area contributed by atoms with E-state index < -0.39 is 12.1 Å². The van der Waals surface area contributed by atoms with Gasteiger partial charge in [0.2, 0.25) is 0 Å². The molecule has 0 saturated carbocycles. The third-order valence-electron chi connectivity index (χ3n) is 3.10. The molecular formula is C16H13Cl3O3. The highest BCUT2D eigenvalue weighted by Crippen LogP contribution is 2.25. The van der Waals surface area contributed by atoms with Gasteiger partial charge in [-0.05, 0) is 48.4 Å². The van der Waals surface area contributed by atoms with E-state index in [1.54, 1.807) is 36.4 Å². The van der Waals surface area contributed by atoms with E-state index in [4.69, 9.17) is 39.5 Å². The molecule has 0 aliphatic heterocycles. The first-order chi connectivity index (χ1) is 10.4. The number of carbonyl (C=O) groups is 1. The molecule has 0 fully saturated rings. The highest BCUT2D eigenvalue weighted by atomic mass is 35.5. The predicted octanol–water partition coefficient (Wildman–Crippen LogP) is 5.03. The molecule has 0 aromatic heterocycles. The summed E-state index contributed by atoms with van der Waals surface area (Å²) in [7, 11) is 0. The van der Waals surface area contributed by atoms with Gasteiger partial charge in [0.1, 0.15) is 5.75 Å². The van der Waals surface area contributed by atoms with Crippen LogP contribution >= 0.6 is 34.8 Å². The van der Waals surface area contributed by atoms with Crippen LogP contribution in [0.3, 0.4) is 0 Å². The zero-order chi connectivity index (χ0) is 16.3. The molecule has 2 rings (SSSR count). The molecule has 0 aliphatic rings. The fourth-order valence-electron chi connectivity index (χ4n) is 1.92. The SMILES string of the molecule is Cc1cc(O[C@H](Cc2ccc(Cl)cc2Cl)C(=O)O)ccc1Cl. The van der Waals surface area contributed by atoms with Crippen molar-refractivity contribution in [2.75, 3.05) is 0 Å². The minimum Gasteiger partial charge on any atom is -0.478 e. The number of rotatable bonds is 5. The van der Waals surface area contributed by atoms with Crippen molar-refractivity contribution in [2.24, 2.45) is 0 Å². The molecule has 6 heteroatoms. The minimum atomic E-state index is -1.07. The topological polar surface area (TPSA) is 46.5 Å². The van der Waals surface area contributed by atoms with Gasteiger partial charge in [0.15, 0.2) is 6.10 Å². The van der Waals surface area contributed by atoms with Gasteiger partial charge in [-0.2, -0.15) is 0 Å². The van der Waals surface area contributed by atoms with E-state index in [1.165, 1.54) is 0 Å². The molecule has 0 spiro atoms. The molecule has 0 unspecified atom stereocenters. The molecule has 2 aromatic rings. The van der Waals surface area contributed by atoms with Gasteiger partial charge in [0, 0.05) is 21.5 Å². The molecule has 3 nitrogen and oxygen atoms in total. The second-order valence-electron chi connectivity index (χ2n) is 4.80. The highest BCUT2D eigenvalue weighted by Gasteiger charge is 2.21. The van der Waals surface area contributed by atoms with Crippen molar-refractivity contribution in [3.8, 4) is 5.75 Å². The standard InChI is InChI=1S/C16H13Cl3O3/c1-9-6-12(4-5-13(9)18)22-15(16(20)21)7-10-2-3-11(17)8-14(10)19/h2-6,8,15H,7H2,1H3,(H,20,21)/t15-/m1/s1. The Morgan fingerprint density at radius 1 is 1.14 bits per heavy atom. The monoisotopic (exact) mass is 358 g/mol. The molecule has 1 atom stereocenters. The number of hydrogen-bond donors (Lipinski definition) is 1. The first-order valence-corrected chi connectivity index (χ1v) is 7.59. The summed E-state index contributed by atoms with van der Waals surface area (Å²) in [6.07, 6.45) is -0.924. The Kier molecular flexibility index (Phi) is 5.57. The predicted molar refractivity (Wildman–Crippen MR) is 88.4 cm³/mol. The summed E-state index contributed by atoms with van der Waals surface area (Å²) >= 11 is 17.9. The third-order valence-corrected chi connectivity index (χ3v) is 4.11. The maximum atomic E-state index is 11.4. The Morgan fingerprint density at radius 3 is 2.45 bits per heavy atom. The van der Waals surface area contributed by atoms with E-state index in [0.717, 1.165) is 5.56 Å². The second kappa shape index (κ2) is 7.23. The number of benzene rings is 2. The van der Waals surface area contributed by atoms with Gasteiger partial charge in [0.25, 0.3) is 0 Å². The Balaban J connectivity index is 2.19. The lowest BCUT2D eigenvalue weighted by molar-refractivity contribution is -0.145. The Bertz CT molecular complexity index is 701. The lowest BCUT2D eigenvalue weighted by Gasteiger charge is -2.16. The number of halogens is 3. The van der Waals surface area contributed by atoms with Crippen LogP contribution in [-0.2, 0) is 11.2 Å². The first-order valence-electron chi connectivity index (χ1n) is 6.46. The van der Waals surface area contributed by atoms with Gasteiger partial charge in [-0.3, -0.25) is 0 Å². The Morgan fingerprint density at radius 2 is 1.86 bits per heavy atom. The molecule has 0 bridgehead atoms. The van der Waals surface area contributed by atoms with Gasteiger partial charge in [-0.15, -0.1) is 0 Å². The smallest absolute Gasteiger partial charge is 0.345 e. The van der Waals surface area contributed by atoms with Crippen LogP contribution in [0.15, 0.2) is 36.4 Å². The Labute approximate surface area is 143 Å². The third kappa shape index (κ3) is 4.29. The zero-order valence-corrected chi connectivity index (χ0v) is 13.9. The van der Waals surface area contributed by atoms with Crippen molar-refractivity contribution >= 4 is 40.8 Å². The number of aryl methyl sites for hydroxylation is 1. The summed E-state index contributed by atoms with van der Waals surface area (Å²) in [6.45, 7) is 1.82. The largest absolute Gasteiger partial charge is 0.478 e. The molecule has 116 valence electrons. The molecule has 0 heterocycles. The van der Waals surface area contributed by atoms with E-state index in [2.05, 4.69) is 0 Å². The lowest BCUT2D eigenvalue weighted by atomic mass is 10.1. The highest BCUT2D eigenvalue weighted by molar-refractivity contribution is 6.35. The van der Waals surface area contributed by atoms with Crippen LogP contribution in [0.5, 0.6) is 5.75 Å². The summed E-state index contributed by atoms with van der Waals surface area (Å²) in [4.78, 5) is 11.4. The van der Waals surface area contributed by atoms with E-state index >= 15 is 0 Å². The summed E-state index contributed by atoms with van der Waals surface area (Å²) in [5.41, 5.74) is 1.47. The van der Waals surface area contributed by atoms with Crippen LogP contribution in [0.1, 0.15) is 11.1 Å². The summed E-state index contributed by atoms with van der Waals surface area (Å²) in [5, 5.41) is 10.8. The van der Waals surface area contributed by atoms with Gasteiger partial charge in [0.05, 0.1) is 0 Å².